The number of carbonyl (C=O) groups is 2. The zero-order valence-electron chi connectivity index (χ0n) is 11.8. The average Bonchev–Trinajstić information content (AvgIpc) is 2.51. The highest BCUT2D eigenvalue weighted by molar-refractivity contribution is 5.89. The number of hydrogen-bond donors (Lipinski definition) is 0. The predicted octanol–water partition coefficient (Wildman–Crippen LogP) is 2.35. The number of para-hydroxylation sites is 1. The van der Waals surface area contributed by atoms with E-state index in [0.29, 0.717) is 5.69 Å². The van der Waals surface area contributed by atoms with Crippen LogP contribution in [0.15, 0.2) is 42.5 Å². The average molecular weight is 285 g/mol. The van der Waals surface area contributed by atoms with Gasteiger partial charge < -0.3 is 9.47 Å². The Kier molecular flexibility index (Phi) is 4.66. The van der Waals surface area contributed by atoms with E-state index in [1.165, 1.54) is 20.1 Å². The molecule has 108 valence electrons. The maximum absolute atomic E-state index is 11.6. The molecule has 5 heteroatoms. The minimum Gasteiger partial charge on any atom is -0.466 e. The van der Waals surface area contributed by atoms with Crippen molar-refractivity contribution in [1.29, 1.82) is 0 Å². The molecule has 0 aliphatic carbocycles. The fourth-order valence-corrected chi connectivity index (χ4v) is 1.76. The van der Waals surface area contributed by atoms with Crippen LogP contribution in [0.1, 0.15) is 12.6 Å². The Bertz CT molecular complexity index is 693. The third-order valence-electron chi connectivity index (χ3n) is 2.84. The SMILES string of the molecule is COC(=O)C(C)OC(=O)/C=C/c1ccc2ccccc2n1. The Morgan fingerprint density at radius 3 is 2.71 bits per heavy atom. The van der Waals surface area contributed by atoms with Gasteiger partial charge in [-0.3, -0.25) is 0 Å². The number of rotatable bonds is 4. The molecule has 0 saturated heterocycles. The number of pyridine rings is 1. The smallest absolute Gasteiger partial charge is 0.346 e. The monoisotopic (exact) mass is 285 g/mol. The van der Waals surface area contributed by atoms with Gasteiger partial charge in [0.15, 0.2) is 6.10 Å². The minimum absolute atomic E-state index is 0.597. The van der Waals surface area contributed by atoms with Crippen LogP contribution in [0.2, 0.25) is 0 Å². The van der Waals surface area contributed by atoms with E-state index < -0.39 is 18.0 Å². The van der Waals surface area contributed by atoms with Gasteiger partial charge in [0, 0.05) is 11.5 Å². The first-order valence-corrected chi connectivity index (χ1v) is 6.42. The van der Waals surface area contributed by atoms with Gasteiger partial charge in [-0.05, 0) is 25.1 Å². The van der Waals surface area contributed by atoms with E-state index in [2.05, 4.69) is 9.72 Å². The molecule has 1 atom stereocenters. The fraction of sp³-hybridized carbons (Fsp3) is 0.188. The van der Waals surface area contributed by atoms with E-state index in [9.17, 15) is 9.59 Å². The summed E-state index contributed by atoms with van der Waals surface area (Å²) < 4.78 is 9.36. The third kappa shape index (κ3) is 3.89. The van der Waals surface area contributed by atoms with E-state index in [4.69, 9.17) is 4.74 Å². The van der Waals surface area contributed by atoms with E-state index in [1.807, 2.05) is 30.3 Å². The summed E-state index contributed by atoms with van der Waals surface area (Å²) >= 11 is 0. The molecule has 0 bridgehead atoms. The summed E-state index contributed by atoms with van der Waals surface area (Å²) in [7, 11) is 1.24. The maximum atomic E-state index is 11.6. The van der Waals surface area contributed by atoms with Crippen LogP contribution in [0.4, 0.5) is 0 Å². The van der Waals surface area contributed by atoms with Crippen molar-refractivity contribution in [3.63, 3.8) is 0 Å². The number of nitrogens with zero attached hydrogens (tertiary/aromatic N) is 1. The van der Waals surface area contributed by atoms with Gasteiger partial charge in [-0.1, -0.05) is 24.3 Å². The number of hydrogen-bond acceptors (Lipinski definition) is 5. The van der Waals surface area contributed by atoms with E-state index in [0.717, 1.165) is 10.9 Å². The molecule has 2 aromatic rings. The second-order valence-electron chi connectivity index (χ2n) is 4.36. The van der Waals surface area contributed by atoms with Crippen LogP contribution >= 0.6 is 0 Å². The Balaban J connectivity index is 2.05. The van der Waals surface area contributed by atoms with Crippen LogP contribution < -0.4 is 0 Å². The fourth-order valence-electron chi connectivity index (χ4n) is 1.76. The number of fused-ring (bicyclic) bond motifs is 1. The van der Waals surface area contributed by atoms with Crippen LogP contribution in [-0.2, 0) is 19.1 Å². The predicted molar refractivity (Wildman–Crippen MR) is 78.3 cm³/mol. The van der Waals surface area contributed by atoms with E-state index in [1.54, 1.807) is 12.1 Å². The lowest BCUT2D eigenvalue weighted by Gasteiger charge is -2.08. The number of esters is 2. The number of benzene rings is 1. The van der Waals surface area contributed by atoms with Crippen molar-refractivity contribution in [1.82, 2.24) is 4.98 Å². The molecule has 0 N–H and O–H groups in total. The Hall–Kier alpha value is -2.69. The van der Waals surface area contributed by atoms with Gasteiger partial charge in [-0.2, -0.15) is 0 Å². The molecule has 5 nitrogen and oxygen atoms in total. The highest BCUT2D eigenvalue weighted by Crippen LogP contribution is 2.12. The molecule has 0 saturated carbocycles. The first kappa shape index (κ1) is 14.7. The molecule has 1 aromatic carbocycles. The lowest BCUT2D eigenvalue weighted by atomic mass is 10.2. The van der Waals surface area contributed by atoms with Crippen molar-refractivity contribution >= 4 is 28.9 Å². The molecular formula is C16H15NO4. The lowest BCUT2D eigenvalue weighted by Crippen LogP contribution is -2.24. The second-order valence-corrected chi connectivity index (χ2v) is 4.36. The van der Waals surface area contributed by atoms with Gasteiger partial charge in [0.1, 0.15) is 0 Å². The quantitative estimate of drug-likeness (QED) is 0.637. The zero-order valence-corrected chi connectivity index (χ0v) is 11.8. The summed E-state index contributed by atoms with van der Waals surface area (Å²) in [4.78, 5) is 27.1. The molecule has 2 rings (SSSR count). The highest BCUT2D eigenvalue weighted by Gasteiger charge is 2.16. The van der Waals surface area contributed by atoms with Crippen LogP contribution in [0.5, 0.6) is 0 Å². The number of carbonyl (C=O) groups excluding carboxylic acids is 2. The van der Waals surface area contributed by atoms with Gasteiger partial charge in [-0.25, -0.2) is 14.6 Å². The first-order valence-electron chi connectivity index (χ1n) is 6.42. The topological polar surface area (TPSA) is 65.5 Å². The summed E-state index contributed by atoms with van der Waals surface area (Å²) in [6.45, 7) is 1.45. The van der Waals surface area contributed by atoms with E-state index >= 15 is 0 Å². The maximum Gasteiger partial charge on any atom is 0.346 e. The highest BCUT2D eigenvalue weighted by atomic mass is 16.6. The van der Waals surface area contributed by atoms with E-state index in [-0.39, 0.29) is 0 Å². The minimum atomic E-state index is -0.934. The van der Waals surface area contributed by atoms with Crippen molar-refractivity contribution < 1.29 is 19.1 Å². The first-order chi connectivity index (χ1) is 10.1. The van der Waals surface area contributed by atoms with Crippen molar-refractivity contribution in [2.45, 2.75) is 13.0 Å². The number of methoxy groups -OCH3 is 1. The van der Waals surface area contributed by atoms with Crippen molar-refractivity contribution in [3.8, 4) is 0 Å². The summed E-state index contributed by atoms with van der Waals surface area (Å²) in [5.41, 5.74) is 1.48. The van der Waals surface area contributed by atoms with Crippen LogP contribution in [-0.4, -0.2) is 30.1 Å². The Labute approximate surface area is 122 Å². The van der Waals surface area contributed by atoms with Gasteiger partial charge in [0.05, 0.1) is 18.3 Å². The largest absolute Gasteiger partial charge is 0.466 e. The summed E-state index contributed by atoms with van der Waals surface area (Å²) in [6, 6.07) is 11.4. The molecule has 1 heterocycles. The van der Waals surface area contributed by atoms with Crippen LogP contribution in [0.3, 0.4) is 0 Å². The molecule has 1 unspecified atom stereocenters. The Morgan fingerprint density at radius 2 is 1.95 bits per heavy atom. The van der Waals surface area contributed by atoms with Crippen LogP contribution in [0.25, 0.3) is 17.0 Å². The molecule has 0 aliphatic heterocycles. The van der Waals surface area contributed by atoms with Gasteiger partial charge in [0.25, 0.3) is 0 Å². The number of ether oxygens (including phenoxy) is 2. The Morgan fingerprint density at radius 1 is 1.19 bits per heavy atom. The number of aromatic nitrogens is 1. The summed E-state index contributed by atoms with van der Waals surface area (Å²) in [5, 5.41) is 1.02. The molecule has 0 aliphatic rings. The summed E-state index contributed by atoms with van der Waals surface area (Å²) in [5.74, 6) is -1.22. The molecule has 0 amide bonds. The standard InChI is InChI=1S/C16H15NO4/c1-11(16(19)20-2)21-15(18)10-9-13-8-7-12-5-3-4-6-14(12)17-13/h3-11H,1-2H3/b10-9+. The molecule has 21 heavy (non-hydrogen) atoms. The molecule has 1 aromatic heterocycles. The third-order valence-corrected chi connectivity index (χ3v) is 2.84. The van der Waals surface area contributed by atoms with Gasteiger partial charge in [0.2, 0.25) is 0 Å². The van der Waals surface area contributed by atoms with Gasteiger partial charge >= 0.3 is 11.9 Å². The van der Waals surface area contributed by atoms with Crippen molar-refractivity contribution in [2.24, 2.45) is 0 Å². The molecule has 0 radical (unpaired) electrons. The molecule has 0 fully saturated rings. The zero-order chi connectivity index (χ0) is 15.2. The summed E-state index contributed by atoms with van der Waals surface area (Å²) in [6.07, 6.45) is 1.84. The molecular weight excluding hydrogens is 270 g/mol. The van der Waals surface area contributed by atoms with Crippen molar-refractivity contribution in [3.05, 3.63) is 48.2 Å². The molecule has 0 spiro atoms. The normalized spacial score (nSPS) is 12.3. The second kappa shape index (κ2) is 6.65. The van der Waals surface area contributed by atoms with Crippen molar-refractivity contribution in [2.75, 3.05) is 7.11 Å². The van der Waals surface area contributed by atoms with Gasteiger partial charge in [-0.15, -0.1) is 0 Å². The lowest BCUT2D eigenvalue weighted by molar-refractivity contribution is -0.161. The van der Waals surface area contributed by atoms with Crippen LogP contribution in [0, 0.1) is 0 Å².